The number of carbonyl (C=O) groups is 2. The number of likely N-dealkylation sites (N-methyl/N-ethyl adjacent to an activating group) is 2. The molecule has 0 aromatic heterocycles. The van der Waals surface area contributed by atoms with E-state index in [1.165, 1.54) is 6.07 Å². The number of hydrogen-bond donors (Lipinski definition) is 0. The third-order valence-corrected chi connectivity index (χ3v) is 6.22. The molecular weight excluding hydrogens is 488 g/mol. The zero-order valence-corrected chi connectivity index (χ0v) is 20.9. The van der Waals surface area contributed by atoms with Crippen LogP contribution in [0, 0.1) is 10.1 Å². The van der Waals surface area contributed by atoms with Gasteiger partial charge in [-0.05, 0) is 26.2 Å². The van der Waals surface area contributed by atoms with Gasteiger partial charge < -0.3 is 24.3 Å². The highest BCUT2D eigenvalue weighted by atomic mass is 19.3. The number of nitro groups is 1. The number of halogens is 2. The molecule has 0 unspecified atom stereocenters. The monoisotopic (exact) mass is 519 g/mol. The van der Waals surface area contributed by atoms with Crippen LogP contribution in [0.4, 0.5) is 19.3 Å². The minimum atomic E-state index is -3.22. The quantitative estimate of drug-likeness (QED) is 0.340. The minimum absolute atomic E-state index is 0.0300. The Hall–Kier alpha value is -3.64. The van der Waals surface area contributed by atoms with E-state index in [1.807, 2.05) is 9.80 Å². The fourth-order valence-corrected chi connectivity index (χ4v) is 3.95. The van der Waals surface area contributed by atoms with Gasteiger partial charge in [0, 0.05) is 69.6 Å². The molecule has 0 radical (unpaired) electrons. The van der Waals surface area contributed by atoms with E-state index in [-0.39, 0.29) is 11.6 Å². The molecule has 2 heterocycles. The second-order valence-electron chi connectivity index (χ2n) is 8.88. The number of hydrogen-bond acceptors (Lipinski definition) is 7. The smallest absolute Gasteiger partial charge is 0.387 e. The Morgan fingerprint density at radius 3 is 1.81 bits per heavy atom. The van der Waals surface area contributed by atoms with Gasteiger partial charge in [0.15, 0.2) is 5.78 Å². The molecule has 10 nitrogen and oxygen atoms in total. The zero-order valence-electron chi connectivity index (χ0n) is 20.9. The summed E-state index contributed by atoms with van der Waals surface area (Å²) in [4.78, 5) is 42.8. The van der Waals surface area contributed by atoms with Gasteiger partial charge in [-0.15, -0.1) is 0 Å². The van der Waals surface area contributed by atoms with Gasteiger partial charge >= 0.3 is 18.3 Å². The fourth-order valence-electron chi connectivity index (χ4n) is 3.95. The van der Waals surface area contributed by atoms with Crippen molar-refractivity contribution >= 4 is 17.5 Å². The Morgan fingerprint density at radius 1 is 0.838 bits per heavy atom. The molecule has 0 N–H and O–H groups in total. The number of nitro benzene ring substituents is 1. The SMILES string of the molecule is CN1CCN(C(=O)N2CCN(C)CC2)CC1.O=C(c1ccccc1)c1ccc([N+](=O)[O-])c(OC(F)F)c1. The Bertz CT molecular complexity index is 1050. The summed E-state index contributed by atoms with van der Waals surface area (Å²) in [6, 6.07) is 11.5. The second kappa shape index (κ2) is 13.1. The molecule has 2 saturated heterocycles. The Labute approximate surface area is 214 Å². The molecule has 0 atom stereocenters. The van der Waals surface area contributed by atoms with Crippen molar-refractivity contribution in [3.63, 3.8) is 0 Å². The lowest BCUT2D eigenvalue weighted by Crippen LogP contribution is -2.55. The van der Waals surface area contributed by atoms with Crippen molar-refractivity contribution in [2.24, 2.45) is 0 Å². The van der Waals surface area contributed by atoms with Gasteiger partial charge in [-0.25, -0.2) is 4.79 Å². The lowest BCUT2D eigenvalue weighted by atomic mass is 10.0. The number of carbonyl (C=O) groups excluding carboxylic acids is 2. The molecule has 37 heavy (non-hydrogen) atoms. The summed E-state index contributed by atoms with van der Waals surface area (Å²) in [5, 5.41) is 10.8. The van der Waals surface area contributed by atoms with E-state index in [2.05, 4.69) is 28.6 Å². The summed E-state index contributed by atoms with van der Waals surface area (Å²) in [5.41, 5.74) is -0.253. The van der Waals surface area contributed by atoms with Crippen LogP contribution in [-0.2, 0) is 0 Å². The van der Waals surface area contributed by atoms with E-state index < -0.39 is 28.8 Å². The summed E-state index contributed by atoms with van der Waals surface area (Å²) < 4.78 is 28.7. The maximum absolute atomic E-state index is 12.3. The summed E-state index contributed by atoms with van der Waals surface area (Å²) in [6.45, 7) is 4.29. The highest BCUT2D eigenvalue weighted by Gasteiger charge is 2.26. The molecular formula is C25H31F2N5O5. The third-order valence-electron chi connectivity index (χ3n) is 6.22. The van der Waals surface area contributed by atoms with Gasteiger partial charge in [0.05, 0.1) is 4.92 Å². The third kappa shape index (κ3) is 7.92. The molecule has 0 bridgehead atoms. The summed E-state index contributed by atoms with van der Waals surface area (Å²) >= 11 is 0. The van der Waals surface area contributed by atoms with E-state index in [9.17, 15) is 28.5 Å². The minimum Gasteiger partial charge on any atom is -0.427 e. The Kier molecular flexibility index (Phi) is 9.86. The van der Waals surface area contributed by atoms with E-state index in [1.54, 1.807) is 30.3 Å². The van der Waals surface area contributed by atoms with Crippen molar-refractivity contribution in [2.75, 3.05) is 66.5 Å². The molecule has 200 valence electrons. The van der Waals surface area contributed by atoms with Crippen LogP contribution in [0.25, 0.3) is 0 Å². The highest BCUT2D eigenvalue weighted by molar-refractivity contribution is 6.09. The topological polar surface area (TPSA) is 99.5 Å². The van der Waals surface area contributed by atoms with Crippen molar-refractivity contribution in [3.05, 3.63) is 69.8 Å². The largest absolute Gasteiger partial charge is 0.427 e. The molecule has 2 aromatic rings. The van der Waals surface area contributed by atoms with Crippen LogP contribution in [0.2, 0.25) is 0 Å². The lowest BCUT2D eigenvalue weighted by Gasteiger charge is -2.39. The van der Waals surface area contributed by atoms with Crippen LogP contribution in [0.5, 0.6) is 5.75 Å². The standard InChI is InChI=1S/C14H9F2NO4.C11H22N4O/c15-14(16)21-12-8-10(6-7-11(12)17(19)20)13(18)9-4-2-1-3-5-9;1-12-3-7-14(8-4-12)11(16)15-9-5-13(2)6-10-15/h1-8,14H;3-10H2,1-2H3. The number of piperazine rings is 2. The molecule has 2 aliphatic heterocycles. The van der Waals surface area contributed by atoms with Crippen LogP contribution in [0.3, 0.4) is 0 Å². The fraction of sp³-hybridized carbons (Fsp3) is 0.440. The van der Waals surface area contributed by atoms with Crippen molar-refractivity contribution in [3.8, 4) is 5.75 Å². The average molecular weight is 520 g/mol. The number of urea groups is 1. The molecule has 4 rings (SSSR count). The van der Waals surface area contributed by atoms with Gasteiger partial charge in [-0.3, -0.25) is 14.9 Å². The molecule has 2 aliphatic rings. The summed E-state index contributed by atoms with van der Waals surface area (Å²) in [5.74, 6) is -1.08. The van der Waals surface area contributed by atoms with Crippen molar-refractivity contribution in [2.45, 2.75) is 6.61 Å². The maximum Gasteiger partial charge on any atom is 0.387 e. The van der Waals surface area contributed by atoms with Gasteiger partial charge in [0.1, 0.15) is 0 Å². The van der Waals surface area contributed by atoms with Crippen LogP contribution in [0.1, 0.15) is 15.9 Å². The maximum atomic E-state index is 12.3. The summed E-state index contributed by atoms with van der Waals surface area (Å²) in [7, 11) is 4.22. The first-order chi connectivity index (χ1) is 17.7. The number of benzene rings is 2. The summed E-state index contributed by atoms with van der Waals surface area (Å²) in [6.07, 6.45) is 0. The first kappa shape index (κ1) is 27.9. The molecule has 0 spiro atoms. The molecule has 2 fully saturated rings. The zero-order chi connectivity index (χ0) is 26.9. The highest BCUT2D eigenvalue weighted by Crippen LogP contribution is 2.30. The normalized spacial score (nSPS) is 16.7. The van der Waals surface area contributed by atoms with E-state index >= 15 is 0 Å². The predicted octanol–water partition coefficient (Wildman–Crippen LogP) is 3.03. The van der Waals surface area contributed by atoms with Gasteiger partial charge in [0.2, 0.25) is 5.75 Å². The van der Waals surface area contributed by atoms with Crippen LogP contribution >= 0.6 is 0 Å². The molecule has 12 heteroatoms. The van der Waals surface area contributed by atoms with Gasteiger partial charge in [0.25, 0.3) is 0 Å². The van der Waals surface area contributed by atoms with Gasteiger partial charge in [-0.1, -0.05) is 30.3 Å². The molecule has 2 aromatic carbocycles. The molecule has 0 saturated carbocycles. The number of amides is 2. The van der Waals surface area contributed by atoms with E-state index in [4.69, 9.17) is 0 Å². The number of alkyl halides is 2. The van der Waals surface area contributed by atoms with Crippen LogP contribution in [0.15, 0.2) is 48.5 Å². The van der Waals surface area contributed by atoms with Crippen molar-refractivity contribution < 1.29 is 28.0 Å². The first-order valence-electron chi connectivity index (χ1n) is 11.9. The van der Waals surface area contributed by atoms with Crippen LogP contribution in [-0.4, -0.2) is 109 Å². The second-order valence-corrected chi connectivity index (χ2v) is 8.88. The molecule has 0 aliphatic carbocycles. The number of rotatable bonds is 5. The first-order valence-corrected chi connectivity index (χ1v) is 11.9. The number of nitrogens with zero attached hydrogens (tertiary/aromatic N) is 5. The number of ether oxygens (including phenoxy) is 1. The van der Waals surface area contributed by atoms with Crippen molar-refractivity contribution in [1.82, 2.24) is 19.6 Å². The van der Waals surface area contributed by atoms with Crippen LogP contribution < -0.4 is 4.74 Å². The Balaban J connectivity index is 0.000000213. The van der Waals surface area contributed by atoms with Crippen molar-refractivity contribution in [1.29, 1.82) is 0 Å². The Morgan fingerprint density at radius 2 is 1.35 bits per heavy atom. The molecule has 2 amide bonds. The number of ketones is 1. The average Bonchev–Trinajstić information content (AvgIpc) is 2.89. The predicted molar refractivity (Wildman–Crippen MR) is 133 cm³/mol. The van der Waals surface area contributed by atoms with E-state index in [0.29, 0.717) is 5.56 Å². The van der Waals surface area contributed by atoms with Gasteiger partial charge in [-0.2, -0.15) is 8.78 Å². The van der Waals surface area contributed by atoms with E-state index in [0.717, 1.165) is 64.5 Å². The lowest BCUT2D eigenvalue weighted by molar-refractivity contribution is -0.386.